The summed E-state index contributed by atoms with van der Waals surface area (Å²) in [5.41, 5.74) is 0.448. The van der Waals surface area contributed by atoms with Crippen LogP contribution < -0.4 is 0 Å². The predicted octanol–water partition coefficient (Wildman–Crippen LogP) is 2.23. The van der Waals surface area contributed by atoms with E-state index in [0.29, 0.717) is 48.2 Å². The number of rotatable bonds is 4. The third kappa shape index (κ3) is 4.83. The fraction of sp³-hybridized carbons (Fsp3) is 0.500. The topological polar surface area (TPSA) is 43.9 Å². The molecule has 1 aliphatic heterocycles. The minimum Gasteiger partial charge on any atom is -0.339 e. The van der Waals surface area contributed by atoms with Crippen molar-refractivity contribution in [2.24, 2.45) is 0 Å². The van der Waals surface area contributed by atoms with Gasteiger partial charge in [-0.1, -0.05) is 23.2 Å². The number of amides is 2. The molecular weight excluding hydrogens is 337 g/mol. The Morgan fingerprint density at radius 3 is 2.26 bits per heavy atom. The first-order valence-electron chi connectivity index (χ1n) is 7.55. The first-order chi connectivity index (χ1) is 10.9. The molecule has 7 heteroatoms. The van der Waals surface area contributed by atoms with Crippen LogP contribution in [0, 0.1) is 0 Å². The average molecular weight is 358 g/mol. The van der Waals surface area contributed by atoms with Gasteiger partial charge in [0.2, 0.25) is 5.91 Å². The molecule has 2 amide bonds. The lowest BCUT2D eigenvalue weighted by Gasteiger charge is -2.35. The molecule has 0 atom stereocenters. The maximum absolute atomic E-state index is 12.5. The van der Waals surface area contributed by atoms with Crippen molar-refractivity contribution in [3.8, 4) is 0 Å². The summed E-state index contributed by atoms with van der Waals surface area (Å²) in [5.74, 6) is 0.0161. The van der Waals surface area contributed by atoms with Crippen LogP contribution in [0.1, 0.15) is 16.8 Å². The number of benzene rings is 1. The highest BCUT2D eigenvalue weighted by molar-refractivity contribution is 6.36. The van der Waals surface area contributed by atoms with Gasteiger partial charge in [0.15, 0.2) is 0 Å². The van der Waals surface area contributed by atoms with E-state index in [1.165, 1.54) is 0 Å². The zero-order valence-electron chi connectivity index (χ0n) is 13.4. The second-order valence-electron chi connectivity index (χ2n) is 5.85. The SMILES string of the molecule is CN(C)CCC(=O)N1CCN(C(=O)c2ccc(Cl)cc2Cl)CC1. The summed E-state index contributed by atoms with van der Waals surface area (Å²) >= 11 is 11.9. The fourth-order valence-electron chi connectivity index (χ4n) is 2.47. The van der Waals surface area contributed by atoms with Crippen molar-refractivity contribution in [3.63, 3.8) is 0 Å². The van der Waals surface area contributed by atoms with Gasteiger partial charge in [-0.3, -0.25) is 9.59 Å². The van der Waals surface area contributed by atoms with Gasteiger partial charge in [0, 0.05) is 44.2 Å². The molecule has 1 saturated heterocycles. The molecule has 0 aromatic heterocycles. The Morgan fingerprint density at radius 1 is 1.09 bits per heavy atom. The zero-order valence-corrected chi connectivity index (χ0v) is 14.9. The van der Waals surface area contributed by atoms with E-state index in [9.17, 15) is 9.59 Å². The van der Waals surface area contributed by atoms with Crippen molar-refractivity contribution in [2.75, 3.05) is 46.8 Å². The molecule has 1 aromatic rings. The van der Waals surface area contributed by atoms with Crippen LogP contribution in [0.2, 0.25) is 10.0 Å². The maximum Gasteiger partial charge on any atom is 0.255 e. The Balaban J connectivity index is 1.91. The van der Waals surface area contributed by atoms with Crippen LogP contribution in [0.4, 0.5) is 0 Å². The van der Waals surface area contributed by atoms with Crippen LogP contribution >= 0.6 is 23.2 Å². The number of carbonyl (C=O) groups excluding carboxylic acids is 2. The first kappa shape index (κ1) is 18.0. The van der Waals surface area contributed by atoms with E-state index in [2.05, 4.69) is 0 Å². The van der Waals surface area contributed by atoms with E-state index < -0.39 is 0 Å². The van der Waals surface area contributed by atoms with E-state index in [-0.39, 0.29) is 11.8 Å². The number of halogens is 2. The Morgan fingerprint density at radius 2 is 1.70 bits per heavy atom. The molecule has 0 radical (unpaired) electrons. The Labute approximate surface area is 146 Å². The van der Waals surface area contributed by atoms with Crippen LogP contribution in [0.25, 0.3) is 0 Å². The molecule has 1 aliphatic rings. The van der Waals surface area contributed by atoms with Crippen molar-refractivity contribution in [1.29, 1.82) is 0 Å². The minimum atomic E-state index is -0.118. The van der Waals surface area contributed by atoms with Gasteiger partial charge in [-0.2, -0.15) is 0 Å². The molecule has 1 aromatic carbocycles. The largest absolute Gasteiger partial charge is 0.339 e. The van der Waals surface area contributed by atoms with E-state index >= 15 is 0 Å². The van der Waals surface area contributed by atoms with E-state index in [4.69, 9.17) is 23.2 Å². The van der Waals surface area contributed by atoms with Crippen molar-refractivity contribution in [3.05, 3.63) is 33.8 Å². The number of carbonyl (C=O) groups is 2. The molecule has 0 N–H and O–H groups in total. The molecule has 126 valence electrons. The molecule has 1 fully saturated rings. The van der Waals surface area contributed by atoms with Gasteiger partial charge in [-0.25, -0.2) is 0 Å². The summed E-state index contributed by atoms with van der Waals surface area (Å²) in [5, 5.41) is 0.856. The van der Waals surface area contributed by atoms with Gasteiger partial charge in [-0.05, 0) is 32.3 Å². The van der Waals surface area contributed by atoms with Crippen LogP contribution in [0.15, 0.2) is 18.2 Å². The van der Waals surface area contributed by atoms with Gasteiger partial charge in [0.1, 0.15) is 0 Å². The molecule has 0 unspecified atom stereocenters. The number of hydrogen-bond acceptors (Lipinski definition) is 3. The lowest BCUT2D eigenvalue weighted by molar-refractivity contribution is -0.132. The summed E-state index contributed by atoms with van der Waals surface area (Å²) in [6.07, 6.45) is 0.504. The van der Waals surface area contributed by atoms with Crippen LogP contribution in [-0.2, 0) is 4.79 Å². The molecule has 23 heavy (non-hydrogen) atoms. The Hall–Kier alpha value is -1.30. The lowest BCUT2D eigenvalue weighted by Crippen LogP contribution is -2.51. The zero-order chi connectivity index (χ0) is 17.0. The highest BCUT2D eigenvalue weighted by Crippen LogP contribution is 2.22. The lowest BCUT2D eigenvalue weighted by atomic mass is 10.1. The van der Waals surface area contributed by atoms with E-state index in [1.807, 2.05) is 23.9 Å². The number of nitrogens with zero attached hydrogens (tertiary/aromatic N) is 3. The van der Waals surface area contributed by atoms with Crippen molar-refractivity contribution >= 4 is 35.0 Å². The number of hydrogen-bond donors (Lipinski definition) is 0. The quantitative estimate of drug-likeness (QED) is 0.829. The minimum absolute atomic E-state index is 0.118. The molecule has 1 heterocycles. The average Bonchev–Trinajstić information content (AvgIpc) is 2.52. The predicted molar refractivity (Wildman–Crippen MR) is 92.1 cm³/mol. The fourth-order valence-corrected chi connectivity index (χ4v) is 2.96. The Kier molecular flexibility index (Phi) is 6.27. The summed E-state index contributed by atoms with van der Waals surface area (Å²) in [4.78, 5) is 30.1. The van der Waals surface area contributed by atoms with Crippen LogP contribution in [0.5, 0.6) is 0 Å². The summed E-state index contributed by atoms with van der Waals surface area (Å²) < 4.78 is 0. The number of piperazine rings is 1. The molecule has 0 spiro atoms. The van der Waals surface area contributed by atoms with Gasteiger partial charge in [0.25, 0.3) is 5.91 Å². The molecule has 5 nitrogen and oxygen atoms in total. The molecule has 0 saturated carbocycles. The molecule has 0 bridgehead atoms. The summed E-state index contributed by atoms with van der Waals surface area (Å²) in [7, 11) is 3.89. The monoisotopic (exact) mass is 357 g/mol. The summed E-state index contributed by atoms with van der Waals surface area (Å²) in [6, 6.07) is 4.86. The molecular formula is C16H21Cl2N3O2. The van der Waals surface area contributed by atoms with Gasteiger partial charge < -0.3 is 14.7 Å². The van der Waals surface area contributed by atoms with Crippen molar-refractivity contribution < 1.29 is 9.59 Å². The highest BCUT2D eigenvalue weighted by atomic mass is 35.5. The van der Waals surface area contributed by atoms with Crippen molar-refractivity contribution in [1.82, 2.24) is 14.7 Å². The normalized spacial score (nSPS) is 15.2. The highest BCUT2D eigenvalue weighted by Gasteiger charge is 2.25. The third-order valence-electron chi connectivity index (χ3n) is 3.85. The van der Waals surface area contributed by atoms with Gasteiger partial charge in [-0.15, -0.1) is 0 Å². The first-order valence-corrected chi connectivity index (χ1v) is 8.31. The smallest absolute Gasteiger partial charge is 0.255 e. The Bertz CT molecular complexity index is 585. The molecule has 2 rings (SSSR count). The second-order valence-corrected chi connectivity index (χ2v) is 6.69. The van der Waals surface area contributed by atoms with Crippen LogP contribution in [0.3, 0.4) is 0 Å². The van der Waals surface area contributed by atoms with E-state index in [0.717, 1.165) is 6.54 Å². The van der Waals surface area contributed by atoms with Gasteiger partial charge in [0.05, 0.1) is 10.6 Å². The molecule has 0 aliphatic carbocycles. The standard InChI is InChI=1S/C16H21Cl2N3O2/c1-19(2)6-5-15(22)20-7-9-21(10-8-20)16(23)13-4-3-12(17)11-14(13)18/h3-4,11H,5-10H2,1-2H3. The maximum atomic E-state index is 12.5. The van der Waals surface area contributed by atoms with Crippen molar-refractivity contribution in [2.45, 2.75) is 6.42 Å². The third-order valence-corrected chi connectivity index (χ3v) is 4.40. The second kappa shape index (κ2) is 7.99. The summed E-state index contributed by atoms with van der Waals surface area (Å²) in [6.45, 7) is 2.89. The van der Waals surface area contributed by atoms with E-state index in [1.54, 1.807) is 23.1 Å². The van der Waals surface area contributed by atoms with Crippen LogP contribution in [-0.4, -0.2) is 73.3 Å². The van der Waals surface area contributed by atoms with Gasteiger partial charge >= 0.3 is 0 Å².